The number of carbonyl (C=O) groups is 2. The number of rotatable bonds is 12. The molecule has 0 bridgehead atoms. The van der Waals surface area contributed by atoms with Crippen LogP contribution in [0, 0.1) is 0 Å². The fraction of sp³-hybridized carbons (Fsp3) is 0.357. The molecular formula is C28H35N3O3S. The highest BCUT2D eigenvalue weighted by atomic mass is 32.1. The van der Waals surface area contributed by atoms with Crippen molar-refractivity contribution in [3.05, 3.63) is 88.1 Å². The molecule has 0 atom stereocenters. The zero-order chi connectivity index (χ0) is 25.0. The number of hydrogen-bond donors (Lipinski definition) is 1. The second kappa shape index (κ2) is 13.7. The summed E-state index contributed by atoms with van der Waals surface area (Å²) in [6, 6.07) is 21.5. The fourth-order valence-electron chi connectivity index (χ4n) is 3.70. The van der Waals surface area contributed by atoms with Crippen molar-refractivity contribution in [2.24, 2.45) is 0 Å². The molecule has 0 aliphatic rings. The number of benzene rings is 2. The van der Waals surface area contributed by atoms with Gasteiger partial charge in [-0.2, -0.15) is 0 Å². The van der Waals surface area contributed by atoms with Gasteiger partial charge in [-0.05, 0) is 47.0 Å². The van der Waals surface area contributed by atoms with Crippen LogP contribution in [0.4, 0.5) is 10.5 Å². The quantitative estimate of drug-likeness (QED) is 0.316. The maximum atomic E-state index is 13.5. The molecule has 0 saturated carbocycles. The summed E-state index contributed by atoms with van der Waals surface area (Å²) >= 11 is 1.62. The highest BCUT2D eigenvalue weighted by Crippen LogP contribution is 2.18. The summed E-state index contributed by atoms with van der Waals surface area (Å²) in [4.78, 5) is 31.1. The first-order chi connectivity index (χ1) is 17.0. The van der Waals surface area contributed by atoms with Gasteiger partial charge in [0.05, 0.1) is 6.54 Å². The third-order valence-electron chi connectivity index (χ3n) is 5.71. The molecule has 7 heteroatoms. The van der Waals surface area contributed by atoms with E-state index in [2.05, 4.69) is 19.2 Å². The highest BCUT2D eigenvalue weighted by molar-refractivity contribution is 7.09. The van der Waals surface area contributed by atoms with Crippen LogP contribution in [0.2, 0.25) is 0 Å². The molecule has 2 aromatic carbocycles. The number of ether oxygens (including phenoxy) is 1. The number of urea groups is 1. The molecule has 3 amide bonds. The highest BCUT2D eigenvalue weighted by Gasteiger charge is 2.22. The van der Waals surface area contributed by atoms with Crippen LogP contribution in [-0.4, -0.2) is 48.5 Å². The van der Waals surface area contributed by atoms with Crippen molar-refractivity contribution in [3.63, 3.8) is 0 Å². The van der Waals surface area contributed by atoms with E-state index in [0.717, 1.165) is 10.4 Å². The standard InChI is InChI=1S/C28H35N3O3S/c1-22(2)24-12-14-25(15-13-24)29-28(33)30(16-8-17-34-3)21-27(32)31(20-26-11-7-18-35-26)19-23-9-5-4-6-10-23/h4-7,9-15,18,22H,8,16-17,19-21H2,1-3H3,(H,29,33). The Kier molecular flexibility index (Phi) is 10.3. The molecule has 0 radical (unpaired) electrons. The van der Waals surface area contributed by atoms with Gasteiger partial charge in [-0.1, -0.05) is 62.4 Å². The maximum absolute atomic E-state index is 13.5. The van der Waals surface area contributed by atoms with Crippen LogP contribution in [-0.2, 0) is 22.6 Å². The predicted octanol–water partition coefficient (Wildman–Crippen LogP) is 5.97. The van der Waals surface area contributed by atoms with Crippen LogP contribution in [0.15, 0.2) is 72.1 Å². The van der Waals surface area contributed by atoms with E-state index in [4.69, 9.17) is 4.74 Å². The van der Waals surface area contributed by atoms with E-state index < -0.39 is 0 Å². The summed E-state index contributed by atoms with van der Waals surface area (Å²) in [6.07, 6.45) is 0.646. The van der Waals surface area contributed by atoms with Gasteiger partial charge < -0.3 is 19.9 Å². The average Bonchev–Trinajstić information content (AvgIpc) is 3.37. The second-order valence-corrected chi connectivity index (χ2v) is 9.82. The number of anilines is 1. The van der Waals surface area contributed by atoms with Gasteiger partial charge in [0.1, 0.15) is 6.54 Å². The van der Waals surface area contributed by atoms with E-state index in [1.54, 1.807) is 23.3 Å². The normalized spacial score (nSPS) is 10.9. The lowest BCUT2D eigenvalue weighted by molar-refractivity contribution is -0.133. The lowest BCUT2D eigenvalue weighted by Gasteiger charge is -2.28. The largest absolute Gasteiger partial charge is 0.385 e. The summed E-state index contributed by atoms with van der Waals surface area (Å²) in [5.74, 6) is 0.326. The lowest BCUT2D eigenvalue weighted by Crippen LogP contribution is -2.44. The number of nitrogens with one attached hydrogen (secondary N) is 1. The molecule has 1 N–H and O–H groups in total. The Hall–Kier alpha value is -3.16. The van der Waals surface area contributed by atoms with E-state index in [1.807, 2.05) is 77.0 Å². The number of methoxy groups -OCH3 is 1. The SMILES string of the molecule is COCCCN(CC(=O)N(Cc1ccccc1)Cc1cccs1)C(=O)Nc1ccc(C(C)C)cc1. The summed E-state index contributed by atoms with van der Waals surface area (Å²) in [5.41, 5.74) is 2.97. The molecule has 3 aromatic rings. The average molecular weight is 494 g/mol. The molecule has 0 saturated heterocycles. The smallest absolute Gasteiger partial charge is 0.322 e. The van der Waals surface area contributed by atoms with Gasteiger partial charge in [0.2, 0.25) is 5.91 Å². The zero-order valence-corrected chi connectivity index (χ0v) is 21.6. The molecule has 0 fully saturated rings. The number of hydrogen-bond acceptors (Lipinski definition) is 4. The molecule has 0 aliphatic heterocycles. The van der Waals surface area contributed by atoms with Gasteiger partial charge in [0, 0.05) is 37.4 Å². The van der Waals surface area contributed by atoms with Crippen LogP contribution in [0.3, 0.4) is 0 Å². The van der Waals surface area contributed by atoms with Crippen molar-refractivity contribution in [1.82, 2.24) is 9.80 Å². The van der Waals surface area contributed by atoms with Gasteiger partial charge in [0.15, 0.2) is 0 Å². The molecule has 1 heterocycles. The van der Waals surface area contributed by atoms with Gasteiger partial charge >= 0.3 is 6.03 Å². The number of carbonyl (C=O) groups excluding carboxylic acids is 2. The number of thiophene rings is 1. The van der Waals surface area contributed by atoms with Crippen molar-refractivity contribution >= 4 is 29.0 Å². The minimum atomic E-state index is -0.289. The van der Waals surface area contributed by atoms with Crippen LogP contribution >= 0.6 is 11.3 Å². The van der Waals surface area contributed by atoms with Crippen molar-refractivity contribution < 1.29 is 14.3 Å². The van der Waals surface area contributed by atoms with E-state index in [-0.39, 0.29) is 18.5 Å². The Balaban J connectivity index is 1.72. The summed E-state index contributed by atoms with van der Waals surface area (Å²) in [7, 11) is 1.63. The molecule has 6 nitrogen and oxygen atoms in total. The van der Waals surface area contributed by atoms with Gasteiger partial charge in [-0.15, -0.1) is 11.3 Å². The van der Waals surface area contributed by atoms with Crippen LogP contribution < -0.4 is 5.32 Å². The zero-order valence-electron chi connectivity index (χ0n) is 20.8. The second-order valence-electron chi connectivity index (χ2n) is 8.79. The van der Waals surface area contributed by atoms with Crippen molar-refractivity contribution in [2.45, 2.75) is 39.3 Å². The van der Waals surface area contributed by atoms with E-state index >= 15 is 0 Å². The molecule has 0 unspecified atom stereocenters. The summed E-state index contributed by atoms with van der Waals surface area (Å²) < 4.78 is 5.18. The summed E-state index contributed by atoms with van der Waals surface area (Å²) in [5, 5.41) is 4.96. The fourth-order valence-corrected chi connectivity index (χ4v) is 4.42. The molecule has 0 spiro atoms. The third-order valence-corrected chi connectivity index (χ3v) is 6.58. The topological polar surface area (TPSA) is 61.9 Å². The molecule has 35 heavy (non-hydrogen) atoms. The van der Waals surface area contributed by atoms with Gasteiger partial charge in [-0.3, -0.25) is 4.79 Å². The van der Waals surface area contributed by atoms with E-state index in [9.17, 15) is 9.59 Å². The Morgan fingerprint density at radius 3 is 2.31 bits per heavy atom. The third kappa shape index (κ3) is 8.53. The number of amides is 3. The van der Waals surface area contributed by atoms with Gasteiger partial charge in [0.25, 0.3) is 0 Å². The minimum Gasteiger partial charge on any atom is -0.385 e. The minimum absolute atomic E-state index is 0.00215. The molecule has 1 aromatic heterocycles. The molecule has 0 aliphatic carbocycles. The predicted molar refractivity (Wildman–Crippen MR) is 143 cm³/mol. The Labute approximate surface area is 212 Å². The first-order valence-corrected chi connectivity index (χ1v) is 12.8. The van der Waals surface area contributed by atoms with E-state index in [0.29, 0.717) is 44.3 Å². The Morgan fingerprint density at radius 2 is 1.69 bits per heavy atom. The molecular weight excluding hydrogens is 458 g/mol. The first-order valence-electron chi connectivity index (χ1n) is 11.9. The Bertz CT molecular complexity index is 1040. The maximum Gasteiger partial charge on any atom is 0.322 e. The first kappa shape index (κ1) is 26.4. The van der Waals surface area contributed by atoms with Crippen molar-refractivity contribution in [3.8, 4) is 0 Å². The van der Waals surface area contributed by atoms with Crippen LogP contribution in [0.1, 0.15) is 42.2 Å². The van der Waals surface area contributed by atoms with Crippen molar-refractivity contribution in [1.29, 1.82) is 0 Å². The van der Waals surface area contributed by atoms with E-state index in [1.165, 1.54) is 5.56 Å². The molecule has 3 rings (SSSR count). The van der Waals surface area contributed by atoms with Crippen molar-refractivity contribution in [2.75, 3.05) is 32.1 Å². The lowest BCUT2D eigenvalue weighted by atomic mass is 10.0. The monoisotopic (exact) mass is 493 g/mol. The van der Waals surface area contributed by atoms with Crippen LogP contribution in [0.25, 0.3) is 0 Å². The molecule has 186 valence electrons. The van der Waals surface area contributed by atoms with Gasteiger partial charge in [-0.25, -0.2) is 4.79 Å². The van der Waals surface area contributed by atoms with Crippen LogP contribution in [0.5, 0.6) is 0 Å². The summed E-state index contributed by atoms with van der Waals surface area (Å²) in [6.45, 7) is 6.20. The number of nitrogens with zero attached hydrogens (tertiary/aromatic N) is 2. The Morgan fingerprint density at radius 1 is 0.943 bits per heavy atom.